The summed E-state index contributed by atoms with van der Waals surface area (Å²) in [4.78, 5) is 39.6. The van der Waals surface area contributed by atoms with Crippen molar-refractivity contribution in [1.82, 2.24) is 19.9 Å². The summed E-state index contributed by atoms with van der Waals surface area (Å²) in [6.07, 6.45) is 0.445. The van der Waals surface area contributed by atoms with Crippen LogP contribution >= 0.6 is 0 Å². The molecule has 1 aromatic carbocycles. The van der Waals surface area contributed by atoms with Crippen LogP contribution in [0.4, 0.5) is 13.2 Å². The molecule has 1 N–H and O–H groups in total. The van der Waals surface area contributed by atoms with E-state index in [2.05, 4.69) is 19.9 Å². The molecule has 2 aromatic heterocycles. The maximum Gasteiger partial charge on any atom is 0.416 e. The first-order chi connectivity index (χ1) is 14.3. The predicted octanol–water partition coefficient (Wildman–Crippen LogP) is 4.01. The summed E-state index contributed by atoms with van der Waals surface area (Å²) in [6, 6.07) is 7.64. The highest BCUT2D eigenvalue weighted by atomic mass is 19.4. The molecule has 1 aliphatic carbocycles. The lowest BCUT2D eigenvalue weighted by molar-refractivity contribution is -0.137. The number of benzene rings is 1. The molecule has 0 spiro atoms. The molecule has 2 heterocycles. The lowest BCUT2D eigenvalue weighted by Gasteiger charge is -2.17. The van der Waals surface area contributed by atoms with Crippen LogP contribution in [0.5, 0.6) is 0 Å². The van der Waals surface area contributed by atoms with Crippen LogP contribution in [0.25, 0.3) is 11.6 Å². The van der Waals surface area contributed by atoms with Gasteiger partial charge in [0.1, 0.15) is 5.69 Å². The first-order valence-electron chi connectivity index (χ1n) is 9.40. The van der Waals surface area contributed by atoms with E-state index >= 15 is 0 Å². The molecular formula is C21H17F3N4O2. The minimum atomic E-state index is -4.41. The first kappa shape index (κ1) is 19.9. The number of hydrogen-bond donors (Lipinski definition) is 1. The summed E-state index contributed by atoms with van der Waals surface area (Å²) in [7, 11) is 0. The zero-order valence-electron chi connectivity index (χ0n) is 15.7. The standard InChI is InChI=1S/C21H17F3N4O2/c22-21(23,24)14-6-4-13(5-7-14)15(12-2-3-12)10-17(29)16-11-18(30)28-20(27-16)19-25-8-1-9-26-19/h1,4-9,11-12,15H,2-3,10H2,(H,27,28,30)/t15-/m1/s1. The van der Waals surface area contributed by atoms with Gasteiger partial charge in [-0.1, -0.05) is 12.1 Å². The van der Waals surface area contributed by atoms with E-state index in [9.17, 15) is 22.8 Å². The van der Waals surface area contributed by atoms with Gasteiger partial charge in [-0.05, 0) is 48.4 Å². The molecule has 0 aliphatic heterocycles. The van der Waals surface area contributed by atoms with Crippen molar-refractivity contribution >= 4 is 5.78 Å². The van der Waals surface area contributed by atoms with Crippen molar-refractivity contribution in [2.75, 3.05) is 0 Å². The van der Waals surface area contributed by atoms with Crippen molar-refractivity contribution in [2.24, 2.45) is 5.92 Å². The molecule has 3 aromatic rings. The van der Waals surface area contributed by atoms with Gasteiger partial charge in [0.05, 0.1) is 5.56 Å². The zero-order chi connectivity index (χ0) is 21.3. The average Bonchev–Trinajstić information content (AvgIpc) is 3.57. The summed E-state index contributed by atoms with van der Waals surface area (Å²) >= 11 is 0. The van der Waals surface area contributed by atoms with Gasteiger partial charge in [0.15, 0.2) is 17.4 Å². The molecule has 0 saturated heterocycles. The second-order valence-electron chi connectivity index (χ2n) is 7.24. The van der Waals surface area contributed by atoms with E-state index in [0.29, 0.717) is 5.56 Å². The van der Waals surface area contributed by atoms with Crippen LogP contribution in [0.15, 0.2) is 53.6 Å². The number of ketones is 1. The van der Waals surface area contributed by atoms with Gasteiger partial charge in [-0.2, -0.15) is 13.2 Å². The van der Waals surface area contributed by atoms with Gasteiger partial charge in [0.2, 0.25) is 0 Å². The fourth-order valence-corrected chi connectivity index (χ4v) is 3.41. The van der Waals surface area contributed by atoms with Crippen molar-refractivity contribution in [1.29, 1.82) is 0 Å². The van der Waals surface area contributed by atoms with E-state index in [4.69, 9.17) is 0 Å². The Morgan fingerprint density at radius 3 is 2.40 bits per heavy atom. The fraction of sp³-hybridized carbons (Fsp3) is 0.286. The predicted molar refractivity (Wildman–Crippen MR) is 102 cm³/mol. The Labute approximate surface area is 169 Å². The topological polar surface area (TPSA) is 88.6 Å². The molecule has 0 bridgehead atoms. The second-order valence-corrected chi connectivity index (χ2v) is 7.24. The molecule has 154 valence electrons. The number of carbonyl (C=O) groups is 1. The number of alkyl halides is 3. The Kier molecular flexibility index (Phi) is 5.19. The number of carbonyl (C=O) groups excluding carboxylic acids is 1. The van der Waals surface area contributed by atoms with Crippen LogP contribution in [0.2, 0.25) is 0 Å². The summed E-state index contributed by atoms with van der Waals surface area (Å²) in [5, 5.41) is 0. The van der Waals surface area contributed by atoms with Gasteiger partial charge in [-0.25, -0.2) is 15.0 Å². The van der Waals surface area contributed by atoms with E-state index in [1.165, 1.54) is 24.5 Å². The monoisotopic (exact) mass is 414 g/mol. The summed E-state index contributed by atoms with van der Waals surface area (Å²) in [5.41, 5.74) is -0.571. The molecule has 6 nitrogen and oxygen atoms in total. The number of aromatic nitrogens is 4. The van der Waals surface area contributed by atoms with Crippen molar-refractivity contribution in [3.63, 3.8) is 0 Å². The minimum absolute atomic E-state index is 0.0150. The number of H-pyrrole nitrogens is 1. The van der Waals surface area contributed by atoms with E-state index < -0.39 is 17.3 Å². The molecule has 4 rings (SSSR count). The van der Waals surface area contributed by atoms with E-state index in [1.54, 1.807) is 6.07 Å². The van der Waals surface area contributed by atoms with Crippen LogP contribution in [0, 0.1) is 5.92 Å². The molecule has 9 heteroatoms. The second kappa shape index (κ2) is 7.81. The maximum atomic E-state index is 12.9. The van der Waals surface area contributed by atoms with Gasteiger partial charge in [-0.3, -0.25) is 9.59 Å². The molecule has 1 saturated carbocycles. The van der Waals surface area contributed by atoms with Crippen molar-refractivity contribution in [2.45, 2.75) is 31.4 Å². The van der Waals surface area contributed by atoms with E-state index in [0.717, 1.165) is 31.0 Å². The zero-order valence-corrected chi connectivity index (χ0v) is 15.7. The Bertz CT molecular complexity index is 1110. The number of nitrogens with one attached hydrogen (secondary N) is 1. The number of hydrogen-bond acceptors (Lipinski definition) is 5. The highest BCUT2D eigenvalue weighted by Crippen LogP contribution is 2.45. The number of aromatic amines is 1. The van der Waals surface area contributed by atoms with E-state index in [-0.39, 0.29) is 41.4 Å². The fourth-order valence-electron chi connectivity index (χ4n) is 3.41. The normalized spacial score (nSPS) is 15.0. The van der Waals surface area contributed by atoms with Crippen LogP contribution in [-0.2, 0) is 6.18 Å². The largest absolute Gasteiger partial charge is 0.416 e. The molecule has 0 radical (unpaired) electrons. The van der Waals surface area contributed by atoms with Crippen molar-refractivity contribution in [3.8, 4) is 11.6 Å². The lowest BCUT2D eigenvalue weighted by Crippen LogP contribution is -2.17. The highest BCUT2D eigenvalue weighted by Gasteiger charge is 2.35. The molecule has 1 atom stereocenters. The van der Waals surface area contributed by atoms with Gasteiger partial charge < -0.3 is 4.98 Å². The number of nitrogens with zero attached hydrogens (tertiary/aromatic N) is 3. The van der Waals surface area contributed by atoms with Gasteiger partial charge >= 0.3 is 6.18 Å². The Morgan fingerprint density at radius 2 is 1.80 bits per heavy atom. The molecule has 30 heavy (non-hydrogen) atoms. The van der Waals surface area contributed by atoms with Gasteiger partial charge in [-0.15, -0.1) is 0 Å². The van der Waals surface area contributed by atoms with Crippen LogP contribution in [0.1, 0.15) is 46.8 Å². The van der Waals surface area contributed by atoms with Crippen molar-refractivity contribution < 1.29 is 18.0 Å². The first-order valence-corrected chi connectivity index (χ1v) is 9.40. The van der Waals surface area contributed by atoms with Crippen LogP contribution in [0.3, 0.4) is 0 Å². The highest BCUT2D eigenvalue weighted by molar-refractivity contribution is 5.95. The Hall–Kier alpha value is -3.36. The molecular weight excluding hydrogens is 397 g/mol. The van der Waals surface area contributed by atoms with E-state index in [1.807, 2.05) is 0 Å². The number of Topliss-reactive ketones (excluding diaryl/α,β-unsaturated/α-hetero) is 1. The third-order valence-electron chi connectivity index (χ3n) is 5.07. The third kappa shape index (κ3) is 4.45. The Morgan fingerprint density at radius 1 is 1.13 bits per heavy atom. The number of rotatable bonds is 6. The molecule has 1 aliphatic rings. The third-order valence-corrected chi connectivity index (χ3v) is 5.07. The number of halogens is 3. The quantitative estimate of drug-likeness (QED) is 0.616. The minimum Gasteiger partial charge on any atom is -0.304 e. The van der Waals surface area contributed by atoms with Crippen molar-refractivity contribution in [3.05, 3.63) is 76.0 Å². The summed E-state index contributed by atoms with van der Waals surface area (Å²) in [5.74, 6) is -0.0772. The van der Waals surface area contributed by atoms with Crippen LogP contribution in [-0.4, -0.2) is 25.7 Å². The van der Waals surface area contributed by atoms with Gasteiger partial charge in [0, 0.05) is 24.9 Å². The average molecular weight is 414 g/mol. The van der Waals surface area contributed by atoms with Gasteiger partial charge in [0.25, 0.3) is 5.56 Å². The smallest absolute Gasteiger partial charge is 0.304 e. The summed E-state index contributed by atoms with van der Waals surface area (Å²) < 4.78 is 38.5. The SMILES string of the molecule is O=C(C[C@@H](c1ccc(C(F)(F)F)cc1)C1CC1)c1cc(=O)[nH]c(-c2ncccn2)n1. The lowest BCUT2D eigenvalue weighted by atomic mass is 9.88. The molecule has 0 unspecified atom stereocenters. The Balaban J connectivity index is 1.59. The maximum absolute atomic E-state index is 12.9. The molecule has 0 amide bonds. The van der Waals surface area contributed by atoms with Crippen LogP contribution < -0.4 is 5.56 Å². The summed E-state index contributed by atoms with van der Waals surface area (Å²) in [6.45, 7) is 0. The molecule has 1 fully saturated rings.